The molecule has 0 amide bonds. The highest BCUT2D eigenvalue weighted by Crippen LogP contribution is 2.32. The molecule has 1 rings (SSSR count). The Morgan fingerprint density at radius 3 is 2.33 bits per heavy atom. The molecule has 7 heteroatoms. The van der Waals surface area contributed by atoms with Gasteiger partial charge in [-0.3, -0.25) is 4.79 Å². The van der Waals surface area contributed by atoms with Gasteiger partial charge in [0.1, 0.15) is 0 Å². The zero-order chi connectivity index (χ0) is 14.0. The molecule has 0 aromatic heterocycles. The fourth-order valence-corrected chi connectivity index (χ4v) is 3.60. The Kier molecular flexibility index (Phi) is 4.35. The first-order valence-corrected chi connectivity index (χ1v) is 7.40. The lowest BCUT2D eigenvalue weighted by Crippen LogP contribution is -2.47. The van der Waals surface area contributed by atoms with Gasteiger partial charge in [-0.15, -0.1) is 0 Å². The van der Waals surface area contributed by atoms with Crippen LogP contribution in [0.5, 0.6) is 0 Å². The average molecular weight is 274 g/mol. The van der Waals surface area contributed by atoms with E-state index in [4.69, 9.17) is 10.4 Å². The predicted octanol–water partition coefficient (Wildman–Crippen LogP) is 0.805. The molecule has 102 valence electrons. The van der Waals surface area contributed by atoms with Gasteiger partial charge in [0.2, 0.25) is 10.0 Å². The van der Waals surface area contributed by atoms with Crippen LogP contribution in [-0.4, -0.2) is 42.1 Å². The summed E-state index contributed by atoms with van der Waals surface area (Å²) in [5.41, 5.74) is -0.861. The second-order valence-electron chi connectivity index (χ2n) is 4.84. The fourth-order valence-electron chi connectivity index (χ4n) is 2.00. The summed E-state index contributed by atoms with van der Waals surface area (Å²) in [6, 6.07) is 1.79. The number of carboxylic acids is 1. The first-order valence-electron chi connectivity index (χ1n) is 5.90. The maximum absolute atomic E-state index is 12.1. The molecule has 1 atom stereocenters. The lowest BCUT2D eigenvalue weighted by Gasteiger charge is -2.36. The average Bonchev–Trinajstić information content (AvgIpc) is 2.30. The van der Waals surface area contributed by atoms with Crippen LogP contribution in [0.1, 0.15) is 33.1 Å². The highest BCUT2D eigenvalue weighted by Gasteiger charge is 2.41. The van der Waals surface area contributed by atoms with Crippen molar-refractivity contribution in [3.63, 3.8) is 0 Å². The number of aliphatic carboxylic acids is 1. The minimum Gasteiger partial charge on any atom is -0.481 e. The van der Waals surface area contributed by atoms with Gasteiger partial charge in [-0.25, -0.2) is 12.7 Å². The van der Waals surface area contributed by atoms with E-state index in [0.717, 1.165) is 0 Å². The highest BCUT2D eigenvalue weighted by atomic mass is 32.2. The quantitative estimate of drug-likeness (QED) is 0.817. The summed E-state index contributed by atoms with van der Waals surface area (Å²) in [5, 5.41) is 16.9. The Morgan fingerprint density at radius 2 is 2.00 bits per heavy atom. The maximum atomic E-state index is 12.1. The van der Waals surface area contributed by atoms with Crippen LogP contribution in [0.3, 0.4) is 0 Å². The normalized spacial score (nSPS) is 22.1. The number of carbonyl (C=O) groups is 1. The topological polar surface area (TPSA) is 98.5 Å². The van der Waals surface area contributed by atoms with Crippen LogP contribution >= 0.6 is 0 Å². The molecule has 1 aliphatic heterocycles. The molecular formula is C11H18N2O4S. The summed E-state index contributed by atoms with van der Waals surface area (Å²) >= 11 is 0. The molecular weight excluding hydrogens is 256 g/mol. The first-order chi connectivity index (χ1) is 8.28. The second-order valence-corrected chi connectivity index (χ2v) is 6.95. The molecule has 0 saturated carbocycles. The monoisotopic (exact) mass is 274 g/mol. The third kappa shape index (κ3) is 2.65. The van der Waals surface area contributed by atoms with E-state index in [9.17, 15) is 13.2 Å². The van der Waals surface area contributed by atoms with Gasteiger partial charge in [-0.1, -0.05) is 6.92 Å². The zero-order valence-electron chi connectivity index (χ0n) is 10.6. The Morgan fingerprint density at radius 1 is 1.50 bits per heavy atom. The fraction of sp³-hybridized carbons (Fsp3) is 0.818. The van der Waals surface area contributed by atoms with Crippen molar-refractivity contribution in [2.24, 2.45) is 5.41 Å². The molecule has 1 saturated heterocycles. The molecule has 0 spiro atoms. The van der Waals surface area contributed by atoms with Crippen molar-refractivity contribution in [2.75, 3.05) is 13.1 Å². The van der Waals surface area contributed by atoms with Crippen LogP contribution in [0.15, 0.2) is 0 Å². The molecule has 0 bridgehead atoms. The third-order valence-electron chi connectivity index (χ3n) is 3.58. The zero-order valence-corrected chi connectivity index (χ0v) is 11.4. The van der Waals surface area contributed by atoms with Crippen molar-refractivity contribution in [1.82, 2.24) is 4.31 Å². The van der Waals surface area contributed by atoms with Crippen LogP contribution in [-0.2, 0) is 14.8 Å². The summed E-state index contributed by atoms with van der Waals surface area (Å²) in [6.07, 6.45) is 0.804. The van der Waals surface area contributed by atoms with E-state index in [1.807, 2.05) is 0 Å². The minimum absolute atomic E-state index is 0.170. The number of carboxylic acid groups (broad SMARTS) is 1. The van der Waals surface area contributed by atoms with Crippen LogP contribution in [0.25, 0.3) is 0 Å². The van der Waals surface area contributed by atoms with E-state index < -0.39 is 26.7 Å². The summed E-state index contributed by atoms with van der Waals surface area (Å²) in [4.78, 5) is 11.1. The predicted molar refractivity (Wildman–Crippen MR) is 65.2 cm³/mol. The van der Waals surface area contributed by atoms with Crippen LogP contribution in [0, 0.1) is 16.7 Å². The minimum atomic E-state index is -3.62. The Labute approximate surface area is 107 Å². The molecule has 0 aromatic carbocycles. The summed E-state index contributed by atoms with van der Waals surface area (Å²) in [5.74, 6) is -0.896. The Bertz CT molecular complexity index is 458. The van der Waals surface area contributed by atoms with Crippen molar-refractivity contribution < 1.29 is 18.3 Å². The lowest BCUT2D eigenvalue weighted by molar-refractivity contribution is -0.150. The molecule has 1 aliphatic rings. The first kappa shape index (κ1) is 14.9. The summed E-state index contributed by atoms with van der Waals surface area (Å²) in [7, 11) is -3.62. The van der Waals surface area contributed by atoms with Gasteiger partial charge in [0.05, 0.1) is 11.5 Å². The van der Waals surface area contributed by atoms with Crippen molar-refractivity contribution in [3.05, 3.63) is 0 Å². The van der Waals surface area contributed by atoms with E-state index in [1.165, 1.54) is 4.31 Å². The number of hydrogen-bond donors (Lipinski definition) is 1. The SMILES string of the molecule is CCC(C#N)S(=O)(=O)N1CCC(C)(C(=O)O)CC1. The van der Waals surface area contributed by atoms with Gasteiger partial charge in [0.15, 0.2) is 5.25 Å². The highest BCUT2D eigenvalue weighted by molar-refractivity contribution is 7.90. The van der Waals surface area contributed by atoms with E-state index >= 15 is 0 Å². The molecule has 0 radical (unpaired) electrons. The lowest BCUT2D eigenvalue weighted by atomic mass is 9.81. The number of sulfonamides is 1. The summed E-state index contributed by atoms with van der Waals surface area (Å²) < 4.78 is 25.4. The van der Waals surface area contributed by atoms with Crippen molar-refractivity contribution in [3.8, 4) is 6.07 Å². The van der Waals surface area contributed by atoms with Gasteiger partial charge in [-0.2, -0.15) is 5.26 Å². The van der Waals surface area contributed by atoms with Crippen molar-refractivity contribution in [1.29, 1.82) is 5.26 Å². The van der Waals surface area contributed by atoms with E-state index in [2.05, 4.69) is 0 Å². The number of piperidine rings is 1. The molecule has 1 fully saturated rings. The van der Waals surface area contributed by atoms with Crippen molar-refractivity contribution >= 4 is 16.0 Å². The van der Waals surface area contributed by atoms with Crippen LogP contribution < -0.4 is 0 Å². The van der Waals surface area contributed by atoms with Gasteiger partial charge >= 0.3 is 5.97 Å². The second kappa shape index (κ2) is 5.24. The van der Waals surface area contributed by atoms with Gasteiger partial charge < -0.3 is 5.11 Å². The van der Waals surface area contributed by atoms with Gasteiger partial charge in [0, 0.05) is 13.1 Å². The van der Waals surface area contributed by atoms with Crippen LogP contribution in [0.2, 0.25) is 0 Å². The standard InChI is InChI=1S/C11H18N2O4S/c1-3-9(8-12)18(16,17)13-6-4-11(2,5-7-13)10(14)15/h9H,3-7H2,1-2H3,(H,14,15). The molecule has 0 aromatic rings. The van der Waals surface area contributed by atoms with Crippen molar-refractivity contribution in [2.45, 2.75) is 38.4 Å². The molecule has 18 heavy (non-hydrogen) atoms. The van der Waals surface area contributed by atoms with E-state index in [0.29, 0.717) is 0 Å². The molecule has 1 heterocycles. The van der Waals surface area contributed by atoms with E-state index in [1.54, 1.807) is 19.9 Å². The number of nitriles is 1. The Balaban J connectivity index is 2.81. The molecule has 6 nitrogen and oxygen atoms in total. The van der Waals surface area contributed by atoms with Gasteiger partial charge in [-0.05, 0) is 26.2 Å². The largest absolute Gasteiger partial charge is 0.481 e. The maximum Gasteiger partial charge on any atom is 0.309 e. The molecule has 1 N–H and O–H groups in total. The number of rotatable bonds is 4. The van der Waals surface area contributed by atoms with Gasteiger partial charge in [0.25, 0.3) is 0 Å². The number of nitrogens with zero attached hydrogens (tertiary/aromatic N) is 2. The molecule has 0 aliphatic carbocycles. The smallest absolute Gasteiger partial charge is 0.309 e. The van der Waals surface area contributed by atoms with E-state index in [-0.39, 0.29) is 32.4 Å². The number of hydrogen-bond acceptors (Lipinski definition) is 4. The third-order valence-corrected chi connectivity index (χ3v) is 5.82. The Hall–Kier alpha value is -1.13. The summed E-state index contributed by atoms with van der Waals surface area (Å²) in [6.45, 7) is 3.62. The molecule has 1 unspecified atom stereocenters. The van der Waals surface area contributed by atoms with Crippen LogP contribution in [0.4, 0.5) is 0 Å².